The first kappa shape index (κ1) is 16.3. The third-order valence-corrected chi connectivity index (χ3v) is 3.82. The number of benzene rings is 1. The first-order valence-electron chi connectivity index (χ1n) is 6.35. The molecule has 0 saturated carbocycles. The van der Waals surface area contributed by atoms with E-state index >= 15 is 0 Å². The van der Waals surface area contributed by atoms with Gasteiger partial charge in [-0.3, -0.25) is 4.79 Å². The molecule has 0 bridgehead atoms. The maximum atomic E-state index is 12.3. The second-order valence-corrected chi connectivity index (χ2v) is 5.64. The fourth-order valence-corrected chi connectivity index (χ4v) is 2.23. The van der Waals surface area contributed by atoms with Gasteiger partial charge in [-0.15, -0.1) is 0 Å². The van der Waals surface area contributed by atoms with Gasteiger partial charge in [0.15, 0.2) is 0 Å². The molecule has 0 fully saturated rings. The van der Waals surface area contributed by atoms with Crippen LogP contribution in [-0.2, 0) is 11.3 Å². The Hall–Kier alpha value is -0.770. The minimum Gasteiger partial charge on any atom is -0.337 e. The summed E-state index contributed by atoms with van der Waals surface area (Å²) in [6, 6.07) is 4.82. The standard InChI is InChI=1S/C14H20Cl2N2O/c1-4-18(14(19)13(17)9(2)3)8-10-11(15)6-5-7-12(10)16/h5-7,9,13H,4,8,17H2,1-3H3. The van der Waals surface area contributed by atoms with E-state index in [9.17, 15) is 4.79 Å². The molecule has 5 heteroatoms. The maximum Gasteiger partial charge on any atom is 0.240 e. The van der Waals surface area contributed by atoms with Gasteiger partial charge in [0, 0.05) is 28.7 Å². The molecule has 1 atom stereocenters. The molecular weight excluding hydrogens is 283 g/mol. The predicted molar refractivity (Wildman–Crippen MR) is 80.4 cm³/mol. The number of nitrogens with zero attached hydrogens (tertiary/aromatic N) is 1. The largest absolute Gasteiger partial charge is 0.337 e. The molecule has 1 aromatic rings. The topological polar surface area (TPSA) is 46.3 Å². The van der Waals surface area contributed by atoms with Crippen molar-refractivity contribution >= 4 is 29.1 Å². The van der Waals surface area contributed by atoms with E-state index in [1.165, 1.54) is 0 Å². The molecule has 1 amide bonds. The first-order valence-corrected chi connectivity index (χ1v) is 7.11. The second-order valence-electron chi connectivity index (χ2n) is 4.82. The van der Waals surface area contributed by atoms with E-state index in [0.717, 1.165) is 5.56 Å². The van der Waals surface area contributed by atoms with Gasteiger partial charge in [-0.25, -0.2) is 0 Å². The van der Waals surface area contributed by atoms with Crippen LogP contribution in [0.2, 0.25) is 10.0 Å². The highest BCUT2D eigenvalue weighted by atomic mass is 35.5. The van der Waals surface area contributed by atoms with E-state index in [1.54, 1.807) is 23.1 Å². The molecule has 0 radical (unpaired) electrons. The third-order valence-electron chi connectivity index (χ3n) is 3.11. The smallest absolute Gasteiger partial charge is 0.240 e. The Labute approximate surface area is 124 Å². The normalized spacial score (nSPS) is 12.6. The van der Waals surface area contributed by atoms with E-state index < -0.39 is 6.04 Å². The minimum absolute atomic E-state index is 0.0755. The van der Waals surface area contributed by atoms with E-state index in [-0.39, 0.29) is 11.8 Å². The number of amides is 1. The average molecular weight is 303 g/mol. The molecule has 19 heavy (non-hydrogen) atoms. The summed E-state index contributed by atoms with van der Waals surface area (Å²) in [5.41, 5.74) is 6.67. The molecule has 0 saturated heterocycles. The van der Waals surface area contributed by atoms with Crippen molar-refractivity contribution in [3.63, 3.8) is 0 Å². The summed E-state index contributed by atoms with van der Waals surface area (Å²) >= 11 is 12.2. The Morgan fingerprint density at radius 2 is 1.84 bits per heavy atom. The molecule has 1 unspecified atom stereocenters. The molecule has 3 nitrogen and oxygen atoms in total. The highest BCUT2D eigenvalue weighted by Gasteiger charge is 2.23. The van der Waals surface area contributed by atoms with E-state index in [0.29, 0.717) is 23.1 Å². The van der Waals surface area contributed by atoms with Gasteiger partial charge in [-0.2, -0.15) is 0 Å². The fraction of sp³-hybridized carbons (Fsp3) is 0.500. The zero-order valence-corrected chi connectivity index (χ0v) is 13.0. The van der Waals surface area contributed by atoms with Crippen LogP contribution in [0, 0.1) is 5.92 Å². The summed E-state index contributed by atoms with van der Waals surface area (Å²) in [7, 11) is 0. The highest BCUT2D eigenvalue weighted by Crippen LogP contribution is 2.26. The Bertz CT molecular complexity index is 429. The van der Waals surface area contributed by atoms with Crippen LogP contribution in [0.3, 0.4) is 0 Å². The van der Waals surface area contributed by atoms with Crippen molar-refractivity contribution in [2.24, 2.45) is 11.7 Å². The molecule has 0 spiro atoms. The van der Waals surface area contributed by atoms with Crippen LogP contribution >= 0.6 is 23.2 Å². The van der Waals surface area contributed by atoms with Crippen LogP contribution in [0.1, 0.15) is 26.3 Å². The predicted octanol–water partition coefficient (Wildman–Crippen LogP) is 3.33. The summed E-state index contributed by atoms with van der Waals surface area (Å²) in [6.45, 7) is 6.72. The number of rotatable bonds is 5. The molecule has 2 N–H and O–H groups in total. The SMILES string of the molecule is CCN(Cc1c(Cl)cccc1Cl)C(=O)C(N)C(C)C. The van der Waals surface area contributed by atoms with Crippen molar-refractivity contribution < 1.29 is 4.79 Å². The third kappa shape index (κ3) is 4.10. The van der Waals surface area contributed by atoms with Crippen LogP contribution < -0.4 is 5.73 Å². The second kappa shape index (κ2) is 7.13. The van der Waals surface area contributed by atoms with Crippen molar-refractivity contribution in [3.8, 4) is 0 Å². The summed E-state index contributed by atoms with van der Waals surface area (Å²) in [6.07, 6.45) is 0. The molecule has 106 valence electrons. The van der Waals surface area contributed by atoms with Gasteiger partial charge in [0.05, 0.1) is 6.04 Å². The van der Waals surface area contributed by atoms with Crippen molar-refractivity contribution in [3.05, 3.63) is 33.8 Å². The van der Waals surface area contributed by atoms with Gasteiger partial charge < -0.3 is 10.6 Å². The zero-order valence-electron chi connectivity index (χ0n) is 11.5. The molecule has 0 heterocycles. The highest BCUT2D eigenvalue weighted by molar-refractivity contribution is 6.36. The number of hydrogen-bond donors (Lipinski definition) is 1. The number of hydrogen-bond acceptors (Lipinski definition) is 2. The Morgan fingerprint density at radius 3 is 2.26 bits per heavy atom. The van der Waals surface area contributed by atoms with Gasteiger partial charge in [0.1, 0.15) is 0 Å². The molecule has 1 rings (SSSR count). The zero-order chi connectivity index (χ0) is 14.6. The molecule has 0 aliphatic heterocycles. The van der Waals surface area contributed by atoms with Crippen molar-refractivity contribution in [1.82, 2.24) is 4.90 Å². The Morgan fingerprint density at radius 1 is 1.32 bits per heavy atom. The molecular formula is C14H20Cl2N2O. The number of carbonyl (C=O) groups excluding carboxylic acids is 1. The van der Waals surface area contributed by atoms with Gasteiger partial charge in [0.25, 0.3) is 0 Å². The lowest BCUT2D eigenvalue weighted by Gasteiger charge is -2.26. The summed E-state index contributed by atoms with van der Waals surface area (Å²) < 4.78 is 0. The van der Waals surface area contributed by atoms with Gasteiger partial charge in [0.2, 0.25) is 5.91 Å². The Kier molecular flexibility index (Phi) is 6.11. The fourth-order valence-electron chi connectivity index (χ4n) is 1.72. The Balaban J connectivity index is 2.91. The van der Waals surface area contributed by atoms with Crippen molar-refractivity contribution in [1.29, 1.82) is 0 Å². The number of halogens is 2. The van der Waals surface area contributed by atoms with E-state index in [2.05, 4.69) is 0 Å². The van der Waals surface area contributed by atoms with Crippen LogP contribution in [0.15, 0.2) is 18.2 Å². The maximum absolute atomic E-state index is 12.3. The van der Waals surface area contributed by atoms with Crippen molar-refractivity contribution in [2.75, 3.05) is 6.54 Å². The van der Waals surface area contributed by atoms with Crippen LogP contribution in [0.25, 0.3) is 0 Å². The quantitative estimate of drug-likeness (QED) is 0.907. The van der Waals surface area contributed by atoms with Gasteiger partial charge >= 0.3 is 0 Å². The van der Waals surface area contributed by atoms with Crippen LogP contribution in [0.4, 0.5) is 0 Å². The summed E-state index contributed by atoms with van der Waals surface area (Å²) in [5.74, 6) is 0.0248. The molecule has 0 aliphatic rings. The number of likely N-dealkylation sites (N-methyl/N-ethyl adjacent to an activating group) is 1. The average Bonchev–Trinajstić information content (AvgIpc) is 2.37. The van der Waals surface area contributed by atoms with E-state index in [4.69, 9.17) is 28.9 Å². The first-order chi connectivity index (χ1) is 8.88. The van der Waals surface area contributed by atoms with Crippen LogP contribution in [0.5, 0.6) is 0 Å². The van der Waals surface area contributed by atoms with E-state index in [1.807, 2.05) is 20.8 Å². The number of carbonyl (C=O) groups is 1. The van der Waals surface area contributed by atoms with Gasteiger partial charge in [-0.1, -0.05) is 43.1 Å². The molecule has 0 aliphatic carbocycles. The molecule has 0 aromatic heterocycles. The molecule has 1 aromatic carbocycles. The van der Waals surface area contributed by atoms with Gasteiger partial charge in [-0.05, 0) is 25.0 Å². The minimum atomic E-state index is -0.499. The monoisotopic (exact) mass is 302 g/mol. The lowest BCUT2D eigenvalue weighted by atomic mass is 10.0. The van der Waals surface area contributed by atoms with Crippen molar-refractivity contribution in [2.45, 2.75) is 33.4 Å². The lowest BCUT2D eigenvalue weighted by molar-refractivity contribution is -0.134. The van der Waals surface area contributed by atoms with Crippen LogP contribution in [-0.4, -0.2) is 23.4 Å². The summed E-state index contributed by atoms with van der Waals surface area (Å²) in [5, 5.41) is 1.13. The lowest BCUT2D eigenvalue weighted by Crippen LogP contribution is -2.46. The summed E-state index contributed by atoms with van der Waals surface area (Å²) in [4.78, 5) is 13.9. The number of nitrogens with two attached hydrogens (primary N) is 1.